The summed E-state index contributed by atoms with van der Waals surface area (Å²) in [6, 6.07) is 7.37. The molecule has 8 heteroatoms. The highest BCUT2D eigenvalue weighted by atomic mass is 35.5. The average molecular weight is 285 g/mol. The molecule has 0 heterocycles. The maximum atomic E-state index is 12.2. The summed E-state index contributed by atoms with van der Waals surface area (Å²) in [7, 11) is -4.00. The molecule has 0 saturated carbocycles. The van der Waals surface area contributed by atoms with Gasteiger partial charge in [0.1, 0.15) is 18.0 Å². The first-order valence-corrected chi connectivity index (χ1v) is 6.54. The Bertz CT molecular complexity index is 614. The predicted molar refractivity (Wildman–Crippen MR) is 65.8 cm³/mol. The van der Waals surface area contributed by atoms with Gasteiger partial charge in [-0.3, -0.25) is 0 Å². The number of benzene rings is 1. The maximum Gasteiger partial charge on any atom is 0.246 e. The van der Waals surface area contributed by atoms with Gasteiger partial charge in [-0.2, -0.15) is 14.8 Å². The minimum atomic E-state index is -4.00. The van der Waals surface area contributed by atoms with Gasteiger partial charge in [0.15, 0.2) is 0 Å². The van der Waals surface area contributed by atoms with Crippen LogP contribution in [0.1, 0.15) is 0 Å². The fourth-order valence-electron chi connectivity index (χ4n) is 1.24. The minimum Gasteiger partial charge on any atom is -0.399 e. The molecule has 94 valence electrons. The lowest BCUT2D eigenvalue weighted by Crippen LogP contribution is -2.32. The molecule has 0 amide bonds. The van der Waals surface area contributed by atoms with Crippen LogP contribution in [0.3, 0.4) is 0 Å². The van der Waals surface area contributed by atoms with E-state index in [4.69, 9.17) is 27.9 Å². The number of nitrogens with zero attached hydrogens (tertiary/aromatic N) is 3. The topological polar surface area (TPSA) is 111 Å². The largest absolute Gasteiger partial charge is 0.399 e. The summed E-state index contributed by atoms with van der Waals surface area (Å²) in [5, 5.41) is 17.1. The van der Waals surface area contributed by atoms with E-state index < -0.39 is 23.1 Å². The second kappa shape index (κ2) is 5.69. The van der Waals surface area contributed by atoms with Crippen molar-refractivity contribution in [3.8, 4) is 12.1 Å². The highest BCUT2D eigenvalue weighted by molar-refractivity contribution is 7.89. The van der Waals surface area contributed by atoms with Gasteiger partial charge < -0.3 is 5.73 Å². The molecule has 18 heavy (non-hydrogen) atoms. The van der Waals surface area contributed by atoms with Crippen LogP contribution >= 0.6 is 11.6 Å². The van der Waals surface area contributed by atoms with Crippen molar-refractivity contribution < 1.29 is 8.42 Å². The van der Waals surface area contributed by atoms with E-state index in [0.717, 1.165) is 4.31 Å². The molecule has 1 aromatic carbocycles. The molecule has 2 N–H and O–H groups in total. The number of halogens is 1. The van der Waals surface area contributed by atoms with E-state index in [9.17, 15) is 8.42 Å². The van der Waals surface area contributed by atoms with E-state index >= 15 is 0 Å². The summed E-state index contributed by atoms with van der Waals surface area (Å²) < 4.78 is 25.1. The zero-order valence-corrected chi connectivity index (χ0v) is 10.7. The third-order valence-electron chi connectivity index (χ3n) is 2.07. The predicted octanol–water partition coefficient (Wildman–Crippen LogP) is 0.960. The van der Waals surface area contributed by atoms with Gasteiger partial charge in [-0.15, -0.1) is 0 Å². The lowest BCUT2D eigenvalue weighted by molar-refractivity contribution is 0.479. The molecule has 6 nitrogen and oxygen atoms in total. The number of hydrogen-bond acceptors (Lipinski definition) is 5. The van der Waals surface area contributed by atoms with Gasteiger partial charge in [0.2, 0.25) is 10.0 Å². The molecule has 0 aliphatic carbocycles. The highest BCUT2D eigenvalue weighted by Crippen LogP contribution is 2.26. The molecular formula is C10H9ClN4O2S. The first kappa shape index (κ1) is 14.3. The molecule has 0 radical (unpaired) electrons. The molecule has 0 atom stereocenters. The molecule has 0 aromatic heterocycles. The summed E-state index contributed by atoms with van der Waals surface area (Å²) in [5.41, 5.74) is 5.73. The first-order valence-electron chi connectivity index (χ1n) is 4.72. The van der Waals surface area contributed by atoms with Crippen LogP contribution < -0.4 is 5.73 Å². The normalized spacial score (nSPS) is 10.9. The molecule has 0 fully saturated rings. The Balaban J connectivity index is 3.32. The third-order valence-corrected chi connectivity index (χ3v) is 4.34. The first-order chi connectivity index (χ1) is 8.43. The Kier molecular flexibility index (Phi) is 4.51. The van der Waals surface area contributed by atoms with Gasteiger partial charge in [0.25, 0.3) is 0 Å². The standard InChI is InChI=1S/C10H9ClN4O2S/c11-9-2-1-8(14)7-10(9)18(16,17)15(5-3-12)6-4-13/h1-2,7H,5-6,14H2. The summed E-state index contributed by atoms with van der Waals surface area (Å²) in [4.78, 5) is -0.213. The molecule has 0 spiro atoms. The second-order valence-corrected chi connectivity index (χ2v) is 5.59. The summed E-state index contributed by atoms with van der Waals surface area (Å²) >= 11 is 5.80. The van der Waals surface area contributed by atoms with E-state index in [2.05, 4.69) is 0 Å². The van der Waals surface area contributed by atoms with Crippen molar-refractivity contribution in [2.75, 3.05) is 18.8 Å². The third kappa shape index (κ3) is 2.90. The van der Waals surface area contributed by atoms with E-state index in [1.54, 1.807) is 12.1 Å². The zero-order chi connectivity index (χ0) is 13.8. The van der Waals surface area contributed by atoms with Gasteiger partial charge in [0, 0.05) is 5.69 Å². The van der Waals surface area contributed by atoms with Gasteiger partial charge in [0.05, 0.1) is 17.2 Å². The van der Waals surface area contributed by atoms with Crippen molar-refractivity contribution in [2.45, 2.75) is 4.90 Å². The van der Waals surface area contributed by atoms with Crippen LogP contribution in [0.15, 0.2) is 23.1 Å². The van der Waals surface area contributed by atoms with Gasteiger partial charge in [-0.05, 0) is 18.2 Å². The minimum absolute atomic E-state index is 0.00919. The Morgan fingerprint density at radius 2 is 1.83 bits per heavy atom. The van der Waals surface area contributed by atoms with E-state index in [-0.39, 0.29) is 15.6 Å². The Labute approximate surface area is 110 Å². The molecule has 1 aromatic rings. The lowest BCUT2D eigenvalue weighted by Gasteiger charge is -2.17. The lowest BCUT2D eigenvalue weighted by atomic mass is 10.3. The monoisotopic (exact) mass is 284 g/mol. The number of hydrogen-bond donors (Lipinski definition) is 1. The number of anilines is 1. The van der Waals surface area contributed by atoms with Crippen molar-refractivity contribution >= 4 is 27.3 Å². The number of rotatable bonds is 4. The van der Waals surface area contributed by atoms with Crippen LogP contribution in [0.4, 0.5) is 5.69 Å². The van der Waals surface area contributed by atoms with Gasteiger partial charge in [-0.1, -0.05) is 11.6 Å². The van der Waals surface area contributed by atoms with Gasteiger partial charge >= 0.3 is 0 Å². The summed E-state index contributed by atoms with van der Waals surface area (Å²) in [5.74, 6) is 0. The van der Waals surface area contributed by atoms with E-state index in [1.165, 1.54) is 18.2 Å². The average Bonchev–Trinajstić information content (AvgIpc) is 2.32. The molecule has 0 bridgehead atoms. The van der Waals surface area contributed by atoms with Crippen LogP contribution in [0, 0.1) is 22.7 Å². The Hall–Kier alpha value is -1.80. The molecule has 1 rings (SSSR count). The highest BCUT2D eigenvalue weighted by Gasteiger charge is 2.26. The quantitative estimate of drug-likeness (QED) is 0.654. The van der Waals surface area contributed by atoms with Crippen molar-refractivity contribution in [1.82, 2.24) is 4.31 Å². The SMILES string of the molecule is N#CCN(CC#N)S(=O)(=O)c1cc(N)ccc1Cl. The summed E-state index contributed by atoms with van der Waals surface area (Å²) in [6.07, 6.45) is 0. The number of nitrogen functional groups attached to an aromatic ring is 1. The van der Waals surface area contributed by atoms with Crippen molar-refractivity contribution in [1.29, 1.82) is 10.5 Å². The van der Waals surface area contributed by atoms with Crippen molar-refractivity contribution in [2.24, 2.45) is 0 Å². The molecule has 0 aliphatic rings. The molecule has 0 saturated heterocycles. The maximum absolute atomic E-state index is 12.2. The van der Waals surface area contributed by atoms with Crippen LogP contribution in [0.2, 0.25) is 5.02 Å². The molecular weight excluding hydrogens is 276 g/mol. The van der Waals surface area contributed by atoms with Crippen molar-refractivity contribution in [3.05, 3.63) is 23.2 Å². The van der Waals surface area contributed by atoms with Crippen LogP contribution in [0.25, 0.3) is 0 Å². The van der Waals surface area contributed by atoms with E-state index in [0.29, 0.717) is 0 Å². The number of sulfonamides is 1. The van der Waals surface area contributed by atoms with Crippen LogP contribution in [-0.4, -0.2) is 25.8 Å². The fourth-order valence-corrected chi connectivity index (χ4v) is 2.98. The Morgan fingerprint density at radius 1 is 1.28 bits per heavy atom. The zero-order valence-electron chi connectivity index (χ0n) is 9.17. The fraction of sp³-hybridized carbons (Fsp3) is 0.200. The van der Waals surface area contributed by atoms with E-state index in [1.807, 2.05) is 0 Å². The van der Waals surface area contributed by atoms with Gasteiger partial charge in [-0.25, -0.2) is 8.42 Å². The molecule has 0 aliphatic heterocycles. The van der Waals surface area contributed by atoms with Crippen molar-refractivity contribution in [3.63, 3.8) is 0 Å². The summed E-state index contributed by atoms with van der Waals surface area (Å²) in [6.45, 7) is -0.859. The van der Waals surface area contributed by atoms with Crippen LogP contribution in [-0.2, 0) is 10.0 Å². The number of nitrogens with two attached hydrogens (primary N) is 1. The second-order valence-electron chi connectivity index (χ2n) is 3.28. The Morgan fingerprint density at radius 3 is 2.33 bits per heavy atom. The molecule has 0 unspecified atom stereocenters. The van der Waals surface area contributed by atoms with Crippen LogP contribution in [0.5, 0.6) is 0 Å². The number of nitriles is 2. The smallest absolute Gasteiger partial charge is 0.246 e.